The van der Waals surface area contributed by atoms with Crippen LogP contribution < -0.4 is 15.5 Å². The number of carbonyl (C=O) groups excluding carboxylic acids is 2. The quantitative estimate of drug-likeness (QED) is 0.720. The van der Waals surface area contributed by atoms with E-state index in [9.17, 15) is 18.4 Å². The molecular formula is C22H27F2N3O4. The molecule has 1 fully saturated rings. The van der Waals surface area contributed by atoms with Crippen molar-refractivity contribution in [3.05, 3.63) is 53.5 Å². The van der Waals surface area contributed by atoms with Crippen molar-refractivity contribution in [1.29, 1.82) is 0 Å². The molecular weight excluding hydrogens is 408 g/mol. The number of nitrogens with one attached hydrogen (secondary N) is 2. The molecule has 0 spiro atoms. The van der Waals surface area contributed by atoms with Crippen LogP contribution in [0.1, 0.15) is 43.3 Å². The van der Waals surface area contributed by atoms with Gasteiger partial charge >= 0.3 is 6.09 Å². The van der Waals surface area contributed by atoms with Crippen LogP contribution in [0.3, 0.4) is 0 Å². The molecule has 9 heteroatoms. The van der Waals surface area contributed by atoms with Gasteiger partial charge in [-0.2, -0.15) is 0 Å². The molecule has 2 amide bonds. The summed E-state index contributed by atoms with van der Waals surface area (Å²) in [5.41, 5.74) is 0.389. The van der Waals surface area contributed by atoms with E-state index in [1.54, 1.807) is 32.9 Å². The van der Waals surface area contributed by atoms with Gasteiger partial charge in [0.25, 0.3) is 5.91 Å². The summed E-state index contributed by atoms with van der Waals surface area (Å²) >= 11 is 0. The lowest BCUT2D eigenvalue weighted by Gasteiger charge is -2.19. The van der Waals surface area contributed by atoms with E-state index in [1.165, 1.54) is 12.3 Å². The van der Waals surface area contributed by atoms with Crippen LogP contribution in [-0.4, -0.2) is 37.2 Å². The molecule has 0 radical (unpaired) electrons. The average molecular weight is 435 g/mol. The number of halogens is 2. The highest BCUT2D eigenvalue weighted by Crippen LogP contribution is 2.25. The molecule has 0 bridgehead atoms. The molecule has 1 aliphatic rings. The second-order valence-corrected chi connectivity index (χ2v) is 8.57. The van der Waals surface area contributed by atoms with Gasteiger partial charge in [0.15, 0.2) is 11.6 Å². The molecule has 2 aromatic rings. The predicted molar refractivity (Wildman–Crippen MR) is 111 cm³/mol. The zero-order valence-electron chi connectivity index (χ0n) is 17.8. The van der Waals surface area contributed by atoms with Crippen LogP contribution in [0.25, 0.3) is 0 Å². The van der Waals surface area contributed by atoms with Crippen molar-refractivity contribution in [2.75, 3.05) is 24.5 Å². The second-order valence-electron chi connectivity index (χ2n) is 8.57. The Morgan fingerprint density at radius 2 is 1.97 bits per heavy atom. The van der Waals surface area contributed by atoms with Gasteiger partial charge in [-0.3, -0.25) is 4.79 Å². The van der Waals surface area contributed by atoms with Crippen molar-refractivity contribution in [2.24, 2.45) is 5.92 Å². The van der Waals surface area contributed by atoms with Crippen LogP contribution in [0.5, 0.6) is 0 Å². The number of ether oxygens (including phenoxy) is 1. The molecule has 7 nitrogen and oxygen atoms in total. The molecule has 1 atom stereocenters. The summed E-state index contributed by atoms with van der Waals surface area (Å²) in [6, 6.07) is 5.43. The summed E-state index contributed by atoms with van der Waals surface area (Å²) in [6.45, 7) is 7.21. The lowest BCUT2D eigenvalue weighted by Crippen LogP contribution is -2.32. The van der Waals surface area contributed by atoms with E-state index in [2.05, 4.69) is 10.6 Å². The Hall–Kier alpha value is -3.10. The number of carbonyl (C=O) groups is 2. The van der Waals surface area contributed by atoms with Crippen molar-refractivity contribution < 1.29 is 27.5 Å². The number of nitrogens with zero attached hydrogens (tertiary/aromatic N) is 1. The van der Waals surface area contributed by atoms with Crippen LogP contribution in [0.4, 0.5) is 19.3 Å². The number of anilines is 1. The number of furan rings is 1. The third-order valence-corrected chi connectivity index (χ3v) is 4.83. The van der Waals surface area contributed by atoms with Gasteiger partial charge in [-0.15, -0.1) is 0 Å². The minimum absolute atomic E-state index is 0.105. The minimum atomic E-state index is -0.869. The van der Waals surface area contributed by atoms with E-state index in [4.69, 9.17) is 9.15 Å². The maximum Gasteiger partial charge on any atom is 0.408 e. The van der Waals surface area contributed by atoms with Crippen molar-refractivity contribution in [1.82, 2.24) is 10.6 Å². The molecule has 0 saturated carbocycles. The molecule has 168 valence electrons. The molecule has 31 heavy (non-hydrogen) atoms. The third-order valence-electron chi connectivity index (χ3n) is 4.83. The van der Waals surface area contributed by atoms with Gasteiger partial charge < -0.3 is 24.7 Å². The first kappa shape index (κ1) is 22.6. The highest BCUT2D eigenvalue weighted by Gasteiger charge is 2.24. The smallest absolute Gasteiger partial charge is 0.408 e. The number of hydrogen-bond donors (Lipinski definition) is 2. The first-order chi connectivity index (χ1) is 14.6. The lowest BCUT2D eigenvalue weighted by molar-refractivity contribution is 0.0519. The molecule has 2 heterocycles. The van der Waals surface area contributed by atoms with Crippen molar-refractivity contribution in [3.63, 3.8) is 0 Å². The SMILES string of the molecule is CC(C)(C)OC(=O)NCc1cc(C(=O)NC[C@@H]2CCN(c3ccc(F)c(F)c3)C2)co1. The summed E-state index contributed by atoms with van der Waals surface area (Å²) < 4.78 is 37.0. The van der Waals surface area contributed by atoms with Crippen LogP contribution in [-0.2, 0) is 11.3 Å². The summed E-state index contributed by atoms with van der Waals surface area (Å²) in [6.07, 6.45) is 1.60. The molecule has 1 aromatic heterocycles. The Bertz CT molecular complexity index is 939. The van der Waals surface area contributed by atoms with Crippen molar-refractivity contribution in [2.45, 2.75) is 39.3 Å². The van der Waals surface area contributed by atoms with Gasteiger partial charge in [0.05, 0.1) is 12.1 Å². The zero-order chi connectivity index (χ0) is 22.6. The summed E-state index contributed by atoms with van der Waals surface area (Å²) in [5, 5.41) is 5.44. The number of alkyl carbamates (subject to hydrolysis) is 1. The average Bonchev–Trinajstić information content (AvgIpc) is 3.35. The molecule has 0 aliphatic carbocycles. The Balaban J connectivity index is 1.44. The van der Waals surface area contributed by atoms with Crippen molar-refractivity contribution in [3.8, 4) is 0 Å². The van der Waals surface area contributed by atoms with Gasteiger partial charge in [0.2, 0.25) is 0 Å². The Labute approximate surface area is 179 Å². The van der Waals surface area contributed by atoms with E-state index in [-0.39, 0.29) is 18.4 Å². The zero-order valence-corrected chi connectivity index (χ0v) is 17.8. The maximum atomic E-state index is 13.4. The standard InChI is InChI=1S/C22H27F2N3O4/c1-22(2,3)31-21(29)26-11-17-8-15(13-30-17)20(28)25-10-14-6-7-27(12-14)16-4-5-18(23)19(24)9-16/h4-5,8-9,13-14H,6-7,10-12H2,1-3H3,(H,25,28)(H,26,29)/t14-/m0/s1. The minimum Gasteiger partial charge on any atom is -0.467 e. The molecule has 1 aromatic carbocycles. The van der Waals surface area contributed by atoms with Crippen LogP contribution in [0.2, 0.25) is 0 Å². The Kier molecular flexibility index (Phi) is 6.82. The van der Waals surface area contributed by atoms with Crippen LogP contribution in [0, 0.1) is 17.6 Å². The van der Waals surface area contributed by atoms with E-state index in [0.717, 1.165) is 12.5 Å². The topological polar surface area (TPSA) is 83.8 Å². The number of amides is 2. The Morgan fingerprint density at radius 1 is 1.19 bits per heavy atom. The summed E-state index contributed by atoms with van der Waals surface area (Å²) in [5.74, 6) is -1.39. The normalized spacial score (nSPS) is 16.3. The highest BCUT2D eigenvalue weighted by atomic mass is 19.2. The molecule has 2 N–H and O–H groups in total. The monoisotopic (exact) mass is 435 g/mol. The third kappa shape index (κ3) is 6.44. The summed E-state index contributed by atoms with van der Waals surface area (Å²) in [4.78, 5) is 26.0. The first-order valence-corrected chi connectivity index (χ1v) is 10.1. The van der Waals surface area contributed by atoms with E-state index >= 15 is 0 Å². The number of benzene rings is 1. The molecule has 3 rings (SSSR count). The molecule has 0 unspecified atom stereocenters. The maximum absolute atomic E-state index is 13.4. The van der Waals surface area contributed by atoms with Crippen molar-refractivity contribution >= 4 is 17.7 Å². The van der Waals surface area contributed by atoms with Gasteiger partial charge in [-0.25, -0.2) is 13.6 Å². The lowest BCUT2D eigenvalue weighted by atomic mass is 10.1. The summed E-state index contributed by atoms with van der Waals surface area (Å²) in [7, 11) is 0. The molecule has 1 saturated heterocycles. The van der Waals surface area contributed by atoms with Crippen LogP contribution in [0.15, 0.2) is 34.9 Å². The van der Waals surface area contributed by atoms with Crippen LogP contribution >= 0.6 is 0 Å². The fourth-order valence-electron chi connectivity index (χ4n) is 3.32. The Morgan fingerprint density at radius 3 is 2.68 bits per heavy atom. The highest BCUT2D eigenvalue weighted by molar-refractivity contribution is 5.94. The molecule has 1 aliphatic heterocycles. The van der Waals surface area contributed by atoms with E-state index in [0.29, 0.717) is 36.6 Å². The second kappa shape index (κ2) is 9.36. The fraction of sp³-hybridized carbons (Fsp3) is 0.455. The predicted octanol–water partition coefficient (Wildman–Crippen LogP) is 3.84. The number of hydrogen-bond acceptors (Lipinski definition) is 5. The number of rotatable bonds is 6. The van der Waals surface area contributed by atoms with Gasteiger partial charge in [0, 0.05) is 31.4 Å². The van der Waals surface area contributed by atoms with Gasteiger partial charge in [0.1, 0.15) is 17.6 Å². The van der Waals surface area contributed by atoms with E-state index < -0.39 is 23.3 Å². The largest absolute Gasteiger partial charge is 0.467 e. The van der Waals surface area contributed by atoms with Gasteiger partial charge in [-0.05, 0) is 51.3 Å². The van der Waals surface area contributed by atoms with Gasteiger partial charge in [-0.1, -0.05) is 0 Å². The van der Waals surface area contributed by atoms with E-state index in [1.807, 2.05) is 4.90 Å². The first-order valence-electron chi connectivity index (χ1n) is 10.1. The fourth-order valence-corrected chi connectivity index (χ4v) is 3.32.